The summed E-state index contributed by atoms with van der Waals surface area (Å²) < 4.78 is 12.6. The quantitative estimate of drug-likeness (QED) is 0.726. The second-order valence-electron chi connectivity index (χ2n) is 3.05. The molecule has 2 aromatic carbocycles. The second kappa shape index (κ2) is 3.50. The highest BCUT2D eigenvalue weighted by atomic mass is 18.2. The van der Waals surface area contributed by atoms with Crippen LogP contribution in [0.25, 0.3) is 11.1 Å². The van der Waals surface area contributed by atoms with Gasteiger partial charge in [0.25, 0.3) is 0 Å². The van der Waals surface area contributed by atoms with E-state index in [1.165, 1.54) is 12.1 Å². The van der Waals surface area contributed by atoms with Crippen molar-refractivity contribution in [1.82, 2.24) is 0 Å². The summed E-state index contributed by atoms with van der Waals surface area (Å²) in [6, 6.07) is 13.1. The van der Waals surface area contributed by atoms with Gasteiger partial charge in [-0.25, -0.2) is 4.39 Å². The van der Waals surface area contributed by atoms with Crippen molar-refractivity contribution >= 4 is 0 Å². The Morgan fingerprint density at radius 3 is 1.64 bits per heavy atom. The van der Waals surface area contributed by atoms with Crippen molar-refractivity contribution in [1.29, 1.82) is 0 Å². The molecule has 0 unspecified atom stereocenters. The van der Waals surface area contributed by atoms with Gasteiger partial charge in [-0.15, -0.1) is 0 Å². The van der Waals surface area contributed by atoms with E-state index in [2.05, 4.69) is 0 Å². The molecule has 2 aromatic rings. The molecule has 2 heteroatoms. The van der Waals surface area contributed by atoms with Crippen LogP contribution in [0, 0.1) is 5.82 Å². The van der Waals surface area contributed by atoms with Crippen LogP contribution in [0.2, 0.25) is 0 Å². The molecule has 0 atom stereocenters. The van der Waals surface area contributed by atoms with E-state index in [0.29, 0.717) is 0 Å². The number of rotatable bonds is 1. The Kier molecular flexibility index (Phi) is 2.19. The Morgan fingerprint density at radius 2 is 1.14 bits per heavy atom. The van der Waals surface area contributed by atoms with Gasteiger partial charge in [0, 0.05) is 0 Å². The summed E-state index contributed by atoms with van der Waals surface area (Å²) in [5.41, 5.74) is 1.90. The van der Waals surface area contributed by atoms with E-state index >= 15 is 0 Å². The van der Waals surface area contributed by atoms with Crippen LogP contribution in [0.15, 0.2) is 48.5 Å². The number of phenolic OH excluding ortho intramolecular Hbond substituents is 1. The zero-order chi connectivity index (χ0) is 9.97. The van der Waals surface area contributed by atoms with Crippen molar-refractivity contribution < 1.29 is 9.50 Å². The Labute approximate surface area is 81.4 Å². The van der Waals surface area contributed by atoms with Gasteiger partial charge in [0.2, 0.25) is 0 Å². The molecule has 0 spiro atoms. The lowest BCUT2D eigenvalue weighted by Gasteiger charge is -2.01. The number of hydrogen-bond donors (Lipinski definition) is 1. The van der Waals surface area contributed by atoms with Gasteiger partial charge >= 0.3 is 0 Å². The lowest BCUT2D eigenvalue weighted by molar-refractivity contribution is 0.475. The molecule has 0 aliphatic heterocycles. The molecule has 0 bridgehead atoms. The summed E-state index contributed by atoms with van der Waals surface area (Å²) >= 11 is 0. The minimum Gasteiger partial charge on any atom is -0.508 e. The third-order valence-corrected chi connectivity index (χ3v) is 2.04. The van der Waals surface area contributed by atoms with E-state index in [9.17, 15) is 4.39 Å². The topological polar surface area (TPSA) is 20.2 Å². The van der Waals surface area contributed by atoms with Crippen LogP contribution < -0.4 is 0 Å². The summed E-state index contributed by atoms with van der Waals surface area (Å²) in [5.74, 6) is -0.0107. The normalized spacial score (nSPS) is 10.1. The van der Waals surface area contributed by atoms with E-state index < -0.39 is 0 Å². The predicted octanol–water partition coefficient (Wildman–Crippen LogP) is 3.20. The molecule has 0 amide bonds. The molecule has 1 nitrogen and oxygen atoms in total. The van der Waals surface area contributed by atoms with Crippen LogP contribution in [-0.2, 0) is 0 Å². The van der Waals surface area contributed by atoms with Crippen LogP contribution in [0.1, 0.15) is 0 Å². The lowest BCUT2D eigenvalue weighted by Crippen LogP contribution is -1.77. The number of hydrogen-bond acceptors (Lipinski definition) is 1. The van der Waals surface area contributed by atoms with Crippen molar-refractivity contribution in [3.05, 3.63) is 54.3 Å². The molecule has 0 fully saturated rings. The molecule has 0 heterocycles. The fourth-order valence-electron chi connectivity index (χ4n) is 1.30. The molecule has 0 saturated heterocycles. The monoisotopic (exact) mass is 187 g/mol. The zero-order valence-electron chi connectivity index (χ0n) is 7.44. The van der Waals surface area contributed by atoms with Gasteiger partial charge < -0.3 is 5.11 Å². The Balaban J connectivity index is 2.40. The SMILES string of the molecule is Oc1ccc(-c2ccc([18F])cc2)cc1. The van der Waals surface area contributed by atoms with Crippen LogP contribution in [0.4, 0.5) is 4.39 Å². The molecule has 14 heavy (non-hydrogen) atoms. The van der Waals surface area contributed by atoms with Gasteiger partial charge in [-0.1, -0.05) is 24.3 Å². The number of phenols is 1. The molecule has 0 aliphatic carbocycles. The van der Waals surface area contributed by atoms with Gasteiger partial charge in [-0.2, -0.15) is 0 Å². The lowest BCUT2D eigenvalue weighted by atomic mass is 10.1. The van der Waals surface area contributed by atoms with Gasteiger partial charge in [0.1, 0.15) is 11.6 Å². The number of aromatic hydroxyl groups is 1. The predicted molar refractivity (Wildman–Crippen MR) is 53.5 cm³/mol. The fraction of sp³-hybridized carbons (Fsp3) is 0. The maximum absolute atomic E-state index is 12.6. The summed E-state index contributed by atoms with van der Waals surface area (Å²) in [6.45, 7) is 0. The summed E-state index contributed by atoms with van der Waals surface area (Å²) in [7, 11) is 0. The molecule has 0 saturated carbocycles. The first-order valence-electron chi connectivity index (χ1n) is 4.31. The van der Waals surface area contributed by atoms with Gasteiger partial charge in [0.05, 0.1) is 0 Å². The van der Waals surface area contributed by atoms with Gasteiger partial charge in [-0.3, -0.25) is 0 Å². The molecule has 2 rings (SSSR count). The molecule has 0 aromatic heterocycles. The average Bonchev–Trinajstić information content (AvgIpc) is 2.21. The largest absolute Gasteiger partial charge is 0.508 e. The Hall–Kier alpha value is -1.83. The molecule has 0 radical (unpaired) electrons. The highest BCUT2D eigenvalue weighted by Crippen LogP contribution is 2.21. The zero-order valence-corrected chi connectivity index (χ0v) is 7.44. The molecule has 1 N–H and O–H groups in total. The van der Waals surface area contributed by atoms with Crippen LogP contribution in [0.5, 0.6) is 5.75 Å². The smallest absolute Gasteiger partial charge is 0.123 e. The molecule has 0 aliphatic rings. The maximum Gasteiger partial charge on any atom is 0.123 e. The van der Waals surface area contributed by atoms with Crippen molar-refractivity contribution in [3.8, 4) is 16.9 Å². The summed E-state index contributed by atoms with van der Waals surface area (Å²) in [4.78, 5) is 0. The average molecular weight is 187 g/mol. The van der Waals surface area contributed by atoms with Gasteiger partial charge in [0.15, 0.2) is 0 Å². The Morgan fingerprint density at radius 1 is 0.714 bits per heavy atom. The third-order valence-electron chi connectivity index (χ3n) is 2.04. The van der Waals surface area contributed by atoms with Crippen molar-refractivity contribution in [2.45, 2.75) is 0 Å². The molecular weight excluding hydrogens is 178 g/mol. The minimum atomic E-state index is -0.243. The highest BCUT2D eigenvalue weighted by Gasteiger charge is 1.97. The maximum atomic E-state index is 12.6. The first-order valence-corrected chi connectivity index (χ1v) is 4.31. The van der Waals surface area contributed by atoms with Crippen LogP contribution >= 0.6 is 0 Å². The van der Waals surface area contributed by atoms with Crippen molar-refractivity contribution in [2.75, 3.05) is 0 Å². The third kappa shape index (κ3) is 1.74. The molecule has 70 valence electrons. The van der Waals surface area contributed by atoms with E-state index in [1.807, 2.05) is 0 Å². The van der Waals surface area contributed by atoms with Crippen molar-refractivity contribution in [2.24, 2.45) is 0 Å². The second-order valence-corrected chi connectivity index (χ2v) is 3.05. The fourth-order valence-corrected chi connectivity index (χ4v) is 1.30. The number of benzene rings is 2. The van der Waals surface area contributed by atoms with E-state index in [0.717, 1.165) is 11.1 Å². The molecular formula is C12H9FO. The standard InChI is InChI=1S/C12H9FO/c13-11-5-1-9(2-6-11)10-3-7-12(14)8-4-10/h1-8,14H/i13-1. The van der Waals surface area contributed by atoms with Crippen LogP contribution in [-0.4, -0.2) is 5.11 Å². The summed E-state index contributed by atoms with van der Waals surface area (Å²) in [5, 5.41) is 9.09. The Bertz CT molecular complexity index is 374. The number of halogens is 1. The minimum absolute atomic E-state index is 0.232. The van der Waals surface area contributed by atoms with Gasteiger partial charge in [-0.05, 0) is 35.4 Å². The van der Waals surface area contributed by atoms with E-state index in [-0.39, 0.29) is 11.6 Å². The van der Waals surface area contributed by atoms with Crippen molar-refractivity contribution in [3.63, 3.8) is 0 Å². The van der Waals surface area contributed by atoms with E-state index in [4.69, 9.17) is 5.11 Å². The summed E-state index contributed by atoms with van der Waals surface area (Å²) in [6.07, 6.45) is 0. The van der Waals surface area contributed by atoms with E-state index in [1.54, 1.807) is 36.4 Å². The highest BCUT2D eigenvalue weighted by molar-refractivity contribution is 5.63. The first-order chi connectivity index (χ1) is 6.75. The van der Waals surface area contributed by atoms with Crippen LogP contribution in [0.3, 0.4) is 0 Å². The first kappa shape index (κ1) is 8.75.